The van der Waals surface area contributed by atoms with E-state index in [0.717, 1.165) is 35.6 Å². The third kappa shape index (κ3) is 7.53. The van der Waals surface area contributed by atoms with Crippen LogP contribution in [0.3, 0.4) is 0 Å². The summed E-state index contributed by atoms with van der Waals surface area (Å²) in [5.74, 6) is -0.00595. The Morgan fingerprint density at radius 3 is 2.55 bits per heavy atom. The molecule has 3 rings (SSSR count). The van der Waals surface area contributed by atoms with Crippen molar-refractivity contribution in [2.75, 3.05) is 10.6 Å². The van der Waals surface area contributed by atoms with Gasteiger partial charge in [-0.05, 0) is 38.2 Å². The van der Waals surface area contributed by atoms with Crippen LogP contribution >= 0.6 is 0 Å². The second-order valence-electron chi connectivity index (χ2n) is 10.8. The molecule has 9 nitrogen and oxygen atoms in total. The van der Waals surface area contributed by atoms with Gasteiger partial charge in [-0.15, -0.1) is 5.10 Å². The van der Waals surface area contributed by atoms with Gasteiger partial charge in [0.2, 0.25) is 0 Å². The summed E-state index contributed by atoms with van der Waals surface area (Å²) in [6.07, 6.45) is 9.24. The molecule has 0 saturated heterocycles. The smallest absolute Gasteiger partial charge is 0.166 e. The summed E-state index contributed by atoms with van der Waals surface area (Å²) in [4.78, 5) is 9.20. The molecular weight excluding hydrogens is 481 g/mol. The zero-order valence-electron chi connectivity index (χ0n) is 23.3. The molecule has 2 atom stereocenters. The molecule has 1 aliphatic heterocycles. The molecule has 2 aromatic rings. The Labute approximate surface area is 224 Å². The van der Waals surface area contributed by atoms with E-state index in [2.05, 4.69) is 70.2 Å². The van der Waals surface area contributed by atoms with Gasteiger partial charge in [0.15, 0.2) is 11.6 Å². The van der Waals surface area contributed by atoms with Crippen molar-refractivity contribution in [3.8, 4) is 0 Å². The minimum absolute atomic E-state index is 0.0154. The number of allylic oxidation sites excluding steroid dienone is 3. The van der Waals surface area contributed by atoms with Gasteiger partial charge in [0.25, 0.3) is 0 Å². The van der Waals surface area contributed by atoms with Gasteiger partial charge in [-0.3, -0.25) is 4.99 Å². The maximum absolute atomic E-state index is 15.1. The number of aliphatic imine (C=N–C) groups is 1. The van der Waals surface area contributed by atoms with Crippen LogP contribution in [0.4, 0.5) is 16.0 Å². The van der Waals surface area contributed by atoms with Crippen LogP contribution in [-0.4, -0.2) is 37.8 Å². The predicted octanol–water partition coefficient (Wildman–Crippen LogP) is 5.52. The van der Waals surface area contributed by atoms with Crippen LogP contribution in [0.25, 0.3) is 11.4 Å². The SMILES string of the molecule is C=C(CC(C)(C)C)NC(C)C(C)Nc1nc(NC2=CN=C(CC)C(n3ccnn3)=CC2)c(C(=C)N)cc1F. The Morgan fingerprint density at radius 1 is 1.21 bits per heavy atom. The molecule has 1 aliphatic rings. The van der Waals surface area contributed by atoms with Gasteiger partial charge in [0.1, 0.15) is 5.82 Å². The van der Waals surface area contributed by atoms with Crippen molar-refractivity contribution in [2.45, 2.75) is 72.9 Å². The lowest BCUT2D eigenvalue weighted by Crippen LogP contribution is -2.40. The van der Waals surface area contributed by atoms with Gasteiger partial charge in [0, 0.05) is 47.4 Å². The van der Waals surface area contributed by atoms with E-state index in [1.54, 1.807) is 23.3 Å². The quantitative estimate of drug-likeness (QED) is 0.307. The van der Waals surface area contributed by atoms with Gasteiger partial charge < -0.3 is 21.7 Å². The summed E-state index contributed by atoms with van der Waals surface area (Å²) < 4.78 is 16.8. The standard InChI is InChI=1S/C28H40FN9/c1-9-24-25(38-13-12-32-37-38)11-10-21(16-31-24)35-26-22(18(3)30)14-23(29)27(36-26)34-20(5)19(4)33-17(2)15-28(6,7)8/h11-14,16,19-20,33H,2-3,9-10,15,30H2,1,4-8H3,(H2,34,35,36). The highest BCUT2D eigenvalue weighted by Crippen LogP contribution is 2.28. The molecule has 0 fully saturated rings. The van der Waals surface area contributed by atoms with E-state index in [1.165, 1.54) is 6.07 Å². The van der Waals surface area contributed by atoms with E-state index in [1.807, 2.05) is 26.8 Å². The minimum atomic E-state index is -0.515. The number of hydrogen-bond donors (Lipinski definition) is 4. The lowest BCUT2D eigenvalue weighted by molar-refractivity contribution is 0.388. The van der Waals surface area contributed by atoms with Gasteiger partial charge >= 0.3 is 0 Å². The van der Waals surface area contributed by atoms with E-state index in [0.29, 0.717) is 17.8 Å². The molecule has 10 heteroatoms. The van der Waals surface area contributed by atoms with Crippen molar-refractivity contribution in [3.05, 3.63) is 66.7 Å². The van der Waals surface area contributed by atoms with Crippen LogP contribution in [0.1, 0.15) is 66.4 Å². The molecule has 0 spiro atoms. The molecule has 204 valence electrons. The zero-order chi connectivity index (χ0) is 28.0. The first-order chi connectivity index (χ1) is 17.9. The van der Waals surface area contributed by atoms with Crippen LogP contribution in [0.5, 0.6) is 0 Å². The van der Waals surface area contributed by atoms with Gasteiger partial charge in [0.05, 0.1) is 23.8 Å². The molecule has 0 radical (unpaired) electrons. The molecule has 0 saturated carbocycles. The predicted molar refractivity (Wildman–Crippen MR) is 155 cm³/mol. The third-order valence-electron chi connectivity index (χ3n) is 6.08. The molecule has 0 bridgehead atoms. The maximum atomic E-state index is 15.1. The average molecular weight is 522 g/mol. The Bertz CT molecular complexity index is 1250. The fraction of sp³-hybridized carbons (Fsp3) is 0.429. The number of anilines is 2. The van der Waals surface area contributed by atoms with E-state index < -0.39 is 5.82 Å². The highest BCUT2D eigenvalue weighted by atomic mass is 19.1. The van der Waals surface area contributed by atoms with Crippen molar-refractivity contribution in [3.63, 3.8) is 0 Å². The van der Waals surface area contributed by atoms with Crippen molar-refractivity contribution in [2.24, 2.45) is 16.1 Å². The molecule has 3 heterocycles. The van der Waals surface area contributed by atoms with Gasteiger partial charge in [-0.25, -0.2) is 14.1 Å². The van der Waals surface area contributed by atoms with Gasteiger partial charge in [-0.1, -0.05) is 52.1 Å². The van der Waals surface area contributed by atoms with E-state index in [9.17, 15) is 0 Å². The number of nitrogens with zero attached hydrogens (tertiary/aromatic N) is 5. The summed E-state index contributed by atoms with van der Waals surface area (Å²) in [7, 11) is 0. The Balaban J connectivity index is 1.82. The second kappa shape index (κ2) is 12.1. The van der Waals surface area contributed by atoms with Crippen LogP contribution < -0.4 is 21.7 Å². The first-order valence-corrected chi connectivity index (χ1v) is 12.8. The number of aromatic nitrogens is 4. The van der Waals surface area contributed by atoms with Crippen LogP contribution in [0.15, 0.2) is 60.3 Å². The normalized spacial score (nSPS) is 15.4. The molecule has 38 heavy (non-hydrogen) atoms. The Hall–Kier alpha value is -3.95. The molecule has 0 amide bonds. The lowest BCUT2D eigenvalue weighted by atomic mass is 9.90. The van der Waals surface area contributed by atoms with E-state index >= 15 is 4.39 Å². The highest BCUT2D eigenvalue weighted by Gasteiger charge is 2.20. The first-order valence-electron chi connectivity index (χ1n) is 12.8. The Kier molecular flexibility index (Phi) is 9.08. The maximum Gasteiger partial charge on any atom is 0.166 e. The number of pyridine rings is 1. The molecule has 0 aromatic carbocycles. The fourth-order valence-electron chi connectivity index (χ4n) is 4.08. The van der Waals surface area contributed by atoms with Crippen molar-refractivity contribution < 1.29 is 4.39 Å². The number of rotatable bonds is 11. The summed E-state index contributed by atoms with van der Waals surface area (Å²) >= 11 is 0. The highest BCUT2D eigenvalue weighted by molar-refractivity contribution is 6.18. The molecule has 5 N–H and O–H groups in total. The summed E-state index contributed by atoms with van der Waals surface area (Å²) in [5, 5.41) is 17.9. The van der Waals surface area contributed by atoms with Crippen LogP contribution in [-0.2, 0) is 0 Å². The number of hydrogen-bond acceptors (Lipinski definition) is 8. The van der Waals surface area contributed by atoms with Crippen LogP contribution in [0.2, 0.25) is 0 Å². The number of nitrogens with one attached hydrogen (secondary N) is 3. The molecule has 2 unspecified atom stereocenters. The van der Waals surface area contributed by atoms with E-state index in [-0.39, 0.29) is 29.0 Å². The molecule has 0 aliphatic carbocycles. The van der Waals surface area contributed by atoms with E-state index in [4.69, 9.17) is 5.73 Å². The second-order valence-corrected chi connectivity index (χ2v) is 10.8. The summed E-state index contributed by atoms with van der Waals surface area (Å²) in [5.41, 5.74) is 10.1. The van der Waals surface area contributed by atoms with Crippen molar-refractivity contribution in [1.82, 2.24) is 25.3 Å². The molecular formula is C28H40FN9. The lowest BCUT2D eigenvalue weighted by Gasteiger charge is -2.28. The van der Waals surface area contributed by atoms with Crippen LogP contribution in [0, 0.1) is 11.2 Å². The van der Waals surface area contributed by atoms with Crippen molar-refractivity contribution >= 4 is 28.7 Å². The topological polar surface area (TPSA) is 118 Å². The van der Waals surface area contributed by atoms with Crippen molar-refractivity contribution in [1.29, 1.82) is 0 Å². The summed E-state index contributed by atoms with van der Waals surface area (Å²) in [6.45, 7) is 20.5. The Morgan fingerprint density at radius 2 is 1.95 bits per heavy atom. The number of nitrogens with two attached hydrogens (primary N) is 1. The first kappa shape index (κ1) is 28.6. The summed E-state index contributed by atoms with van der Waals surface area (Å²) in [6, 6.07) is 1.19. The monoisotopic (exact) mass is 521 g/mol. The molecule has 2 aromatic heterocycles. The third-order valence-corrected chi connectivity index (χ3v) is 6.08. The average Bonchev–Trinajstić information content (AvgIpc) is 3.27. The minimum Gasteiger partial charge on any atom is -0.399 e. The fourth-order valence-corrected chi connectivity index (χ4v) is 4.08. The van der Waals surface area contributed by atoms with Gasteiger partial charge in [-0.2, -0.15) is 0 Å². The number of halogens is 1. The zero-order valence-corrected chi connectivity index (χ0v) is 23.3. The largest absolute Gasteiger partial charge is 0.399 e.